The van der Waals surface area contributed by atoms with Crippen LogP contribution in [0.5, 0.6) is 0 Å². The van der Waals surface area contributed by atoms with Gasteiger partial charge in [-0.15, -0.1) is 0 Å². The van der Waals surface area contributed by atoms with Gasteiger partial charge in [-0.05, 0) is 25.7 Å². The lowest BCUT2D eigenvalue weighted by molar-refractivity contribution is -0.149. The van der Waals surface area contributed by atoms with Crippen molar-refractivity contribution in [1.82, 2.24) is 14.7 Å². The number of carboxylic acids is 1. The molecule has 0 bridgehead atoms. The first-order valence-corrected chi connectivity index (χ1v) is 8.17. The van der Waals surface area contributed by atoms with Crippen molar-refractivity contribution in [1.29, 1.82) is 5.26 Å². The third-order valence-corrected chi connectivity index (χ3v) is 5.24. The summed E-state index contributed by atoms with van der Waals surface area (Å²) in [5.41, 5.74) is 0.0835. The normalized spacial score (nSPS) is 25.3. The van der Waals surface area contributed by atoms with Crippen LogP contribution < -0.4 is 5.32 Å². The third kappa shape index (κ3) is 2.70. The van der Waals surface area contributed by atoms with Crippen molar-refractivity contribution in [2.45, 2.75) is 39.2 Å². The molecule has 1 saturated carbocycles. The number of aryl methyl sites for hydroxylation is 2. The minimum atomic E-state index is -0.795. The Labute approximate surface area is 140 Å². The first-order chi connectivity index (χ1) is 11.5. The lowest BCUT2D eigenvalue weighted by atomic mass is 9.81. The molecular formula is C16H21N5O3. The minimum absolute atomic E-state index is 0.0377. The number of anilines is 1. The third-order valence-electron chi connectivity index (χ3n) is 5.24. The predicted molar refractivity (Wildman–Crippen MR) is 85.2 cm³/mol. The van der Waals surface area contributed by atoms with E-state index in [-0.39, 0.29) is 18.5 Å². The number of fused-ring (bicyclic) bond motifs is 1. The number of nitriles is 1. The summed E-state index contributed by atoms with van der Waals surface area (Å²) in [4.78, 5) is 25.7. The van der Waals surface area contributed by atoms with Gasteiger partial charge in [0.1, 0.15) is 0 Å². The molecule has 0 spiro atoms. The lowest BCUT2D eigenvalue weighted by Crippen LogP contribution is -2.38. The fraction of sp³-hybridized carbons (Fsp3) is 0.625. The molecular weight excluding hydrogens is 310 g/mol. The zero-order chi connectivity index (χ0) is 17.3. The number of carbonyl (C=O) groups is 2. The van der Waals surface area contributed by atoms with Crippen molar-refractivity contribution in [2.75, 3.05) is 18.4 Å². The van der Waals surface area contributed by atoms with Crippen LogP contribution in [-0.2, 0) is 11.3 Å². The van der Waals surface area contributed by atoms with Crippen molar-refractivity contribution in [3.8, 4) is 6.07 Å². The molecule has 1 saturated heterocycles. The van der Waals surface area contributed by atoms with Crippen molar-refractivity contribution in [3.63, 3.8) is 0 Å². The monoisotopic (exact) mass is 331 g/mol. The van der Waals surface area contributed by atoms with Gasteiger partial charge in [0.2, 0.25) is 0 Å². The molecule has 1 aromatic rings. The molecule has 1 aromatic heterocycles. The molecule has 0 unspecified atom stereocenters. The number of aliphatic carboxylic acids is 1. The summed E-state index contributed by atoms with van der Waals surface area (Å²) in [7, 11) is 0. The highest BCUT2D eigenvalue weighted by Crippen LogP contribution is 2.48. The molecule has 2 heterocycles. The van der Waals surface area contributed by atoms with Gasteiger partial charge in [0, 0.05) is 24.8 Å². The summed E-state index contributed by atoms with van der Waals surface area (Å²) >= 11 is 0. The first-order valence-electron chi connectivity index (χ1n) is 8.17. The molecule has 1 aliphatic heterocycles. The molecule has 2 fully saturated rings. The van der Waals surface area contributed by atoms with Gasteiger partial charge in [-0.3, -0.25) is 14.8 Å². The molecule has 128 valence electrons. The average molecular weight is 331 g/mol. The van der Waals surface area contributed by atoms with Crippen LogP contribution in [0.15, 0.2) is 6.07 Å². The second kappa shape index (κ2) is 6.15. The van der Waals surface area contributed by atoms with Crippen LogP contribution in [-0.4, -0.2) is 44.9 Å². The second-order valence-corrected chi connectivity index (χ2v) is 6.66. The van der Waals surface area contributed by atoms with Gasteiger partial charge >= 0.3 is 12.0 Å². The lowest BCUT2D eigenvalue weighted by Gasteiger charge is -2.23. The number of aromatic nitrogens is 2. The number of carboxylic acid groups (broad SMARTS) is 1. The largest absolute Gasteiger partial charge is 0.481 e. The van der Waals surface area contributed by atoms with E-state index in [1.165, 1.54) is 0 Å². The van der Waals surface area contributed by atoms with Gasteiger partial charge in [-0.25, -0.2) is 4.79 Å². The molecule has 2 aliphatic rings. The Hall–Kier alpha value is -2.56. The summed E-state index contributed by atoms with van der Waals surface area (Å²) in [6.07, 6.45) is 2.76. The maximum Gasteiger partial charge on any atom is 0.323 e. The number of carbonyl (C=O) groups excluding carboxylic acids is 1. The number of urea groups is 1. The van der Waals surface area contributed by atoms with E-state index in [1.54, 1.807) is 15.6 Å². The Kier molecular flexibility index (Phi) is 4.18. The molecule has 8 nitrogen and oxygen atoms in total. The molecule has 2 atom stereocenters. The molecule has 2 N–H and O–H groups in total. The molecule has 3 rings (SSSR count). The molecule has 0 radical (unpaired) electrons. The topological polar surface area (TPSA) is 111 Å². The van der Waals surface area contributed by atoms with Gasteiger partial charge < -0.3 is 10.0 Å². The Morgan fingerprint density at radius 3 is 3.04 bits per heavy atom. The highest BCUT2D eigenvalue weighted by atomic mass is 16.4. The molecule has 24 heavy (non-hydrogen) atoms. The van der Waals surface area contributed by atoms with Crippen molar-refractivity contribution in [2.24, 2.45) is 11.3 Å². The fourth-order valence-corrected chi connectivity index (χ4v) is 3.94. The summed E-state index contributed by atoms with van der Waals surface area (Å²) in [6.45, 7) is 3.07. The Balaban J connectivity index is 1.66. The van der Waals surface area contributed by atoms with E-state index in [9.17, 15) is 14.7 Å². The van der Waals surface area contributed by atoms with Crippen LogP contribution in [0.1, 0.15) is 31.4 Å². The van der Waals surface area contributed by atoms with E-state index < -0.39 is 11.4 Å². The maximum atomic E-state index is 12.5. The van der Waals surface area contributed by atoms with Crippen molar-refractivity contribution < 1.29 is 14.7 Å². The quantitative estimate of drug-likeness (QED) is 0.874. The molecule has 0 aromatic carbocycles. The fourth-order valence-electron chi connectivity index (χ4n) is 3.94. The highest BCUT2D eigenvalue weighted by molar-refractivity contribution is 5.89. The van der Waals surface area contributed by atoms with Gasteiger partial charge in [0.15, 0.2) is 5.82 Å². The Bertz CT molecular complexity index is 707. The number of hydrogen-bond acceptors (Lipinski definition) is 4. The van der Waals surface area contributed by atoms with Gasteiger partial charge in [-0.2, -0.15) is 10.4 Å². The number of amides is 2. The van der Waals surface area contributed by atoms with Crippen LogP contribution in [0, 0.1) is 29.6 Å². The molecule has 8 heteroatoms. The van der Waals surface area contributed by atoms with E-state index in [0.717, 1.165) is 18.5 Å². The van der Waals surface area contributed by atoms with E-state index >= 15 is 0 Å². The molecule has 1 aliphatic carbocycles. The zero-order valence-electron chi connectivity index (χ0n) is 13.7. The number of likely N-dealkylation sites (tertiary alicyclic amines) is 1. The van der Waals surface area contributed by atoms with E-state index in [1.807, 2.05) is 6.92 Å². The van der Waals surface area contributed by atoms with E-state index in [0.29, 0.717) is 31.7 Å². The van der Waals surface area contributed by atoms with Gasteiger partial charge in [0.05, 0.1) is 24.4 Å². The summed E-state index contributed by atoms with van der Waals surface area (Å²) in [5, 5.41) is 25.3. The second-order valence-electron chi connectivity index (χ2n) is 6.66. The van der Waals surface area contributed by atoms with Gasteiger partial charge in [-0.1, -0.05) is 6.42 Å². The Morgan fingerprint density at radius 1 is 1.58 bits per heavy atom. The minimum Gasteiger partial charge on any atom is -0.481 e. The standard InChI is InChI=1S/C16H21N5O3/c1-11-8-13(19-21(11)7-3-6-17)18-15(24)20-9-12-4-2-5-16(12,10-20)14(22)23/h8,12H,2-5,7,9-10H2,1H3,(H,22,23)(H,18,19,24)/t12-,16+/m0/s1. The van der Waals surface area contributed by atoms with Crippen LogP contribution in [0.25, 0.3) is 0 Å². The van der Waals surface area contributed by atoms with Crippen LogP contribution in [0.3, 0.4) is 0 Å². The summed E-state index contributed by atoms with van der Waals surface area (Å²) in [5.74, 6) is -0.329. The maximum absolute atomic E-state index is 12.5. The van der Waals surface area contributed by atoms with E-state index in [2.05, 4.69) is 16.5 Å². The first kappa shape index (κ1) is 16.3. The van der Waals surface area contributed by atoms with Crippen LogP contribution in [0.4, 0.5) is 10.6 Å². The average Bonchev–Trinajstić information content (AvgIpc) is 3.17. The van der Waals surface area contributed by atoms with Crippen molar-refractivity contribution >= 4 is 17.8 Å². The summed E-state index contributed by atoms with van der Waals surface area (Å²) < 4.78 is 1.68. The van der Waals surface area contributed by atoms with Crippen molar-refractivity contribution in [3.05, 3.63) is 11.8 Å². The number of nitrogens with zero attached hydrogens (tertiary/aromatic N) is 4. The van der Waals surface area contributed by atoms with Crippen LogP contribution >= 0.6 is 0 Å². The molecule has 2 amide bonds. The van der Waals surface area contributed by atoms with Crippen LogP contribution in [0.2, 0.25) is 0 Å². The summed E-state index contributed by atoms with van der Waals surface area (Å²) in [6, 6.07) is 3.50. The van der Waals surface area contributed by atoms with E-state index in [4.69, 9.17) is 5.26 Å². The highest BCUT2D eigenvalue weighted by Gasteiger charge is 2.55. The van der Waals surface area contributed by atoms with Gasteiger partial charge in [0.25, 0.3) is 0 Å². The number of hydrogen-bond donors (Lipinski definition) is 2. The zero-order valence-corrected chi connectivity index (χ0v) is 13.7. The Morgan fingerprint density at radius 2 is 2.38 bits per heavy atom. The predicted octanol–water partition coefficient (Wildman–Crippen LogP) is 1.82. The smallest absolute Gasteiger partial charge is 0.323 e. The SMILES string of the molecule is Cc1cc(NC(=O)N2C[C@@H]3CCC[C@@]3(C(=O)O)C2)nn1CCC#N. The number of nitrogens with one attached hydrogen (secondary N) is 1. The number of rotatable bonds is 4.